The van der Waals surface area contributed by atoms with Gasteiger partial charge in [0.05, 0.1) is 5.92 Å². The third-order valence-electron chi connectivity index (χ3n) is 3.92. The minimum atomic E-state index is -4.52. The molecule has 2 fully saturated rings. The summed E-state index contributed by atoms with van der Waals surface area (Å²) < 4.78 is 37.5. The van der Waals surface area contributed by atoms with Crippen molar-refractivity contribution < 1.29 is 32.7 Å². The first-order valence-corrected chi connectivity index (χ1v) is 6.59. The quantitative estimate of drug-likeness (QED) is 0.722. The number of halogens is 3. The molecule has 2 aliphatic rings. The van der Waals surface area contributed by atoms with Crippen molar-refractivity contribution >= 4 is 17.8 Å². The minimum Gasteiger partial charge on any atom is -0.481 e. The monoisotopic (exact) mass is 308 g/mol. The molecule has 0 bridgehead atoms. The largest absolute Gasteiger partial charge is 0.481 e. The minimum absolute atomic E-state index is 0.000641. The molecule has 0 unspecified atom stereocenters. The van der Waals surface area contributed by atoms with Crippen LogP contribution in [0.5, 0.6) is 0 Å². The molecule has 2 saturated heterocycles. The average Bonchev–Trinajstić information content (AvgIpc) is 2.86. The van der Waals surface area contributed by atoms with Gasteiger partial charge in [-0.15, -0.1) is 0 Å². The van der Waals surface area contributed by atoms with Gasteiger partial charge in [0.2, 0.25) is 11.8 Å². The van der Waals surface area contributed by atoms with Crippen LogP contribution >= 0.6 is 0 Å². The average molecular weight is 308 g/mol. The number of carboxylic acid groups (broad SMARTS) is 1. The summed E-state index contributed by atoms with van der Waals surface area (Å²) in [5.41, 5.74) is 0. The number of hydrogen-bond donors (Lipinski definition) is 2. The highest BCUT2D eigenvalue weighted by molar-refractivity contribution is 6.01. The Bertz CT molecular complexity index is 466. The molecular weight excluding hydrogens is 293 g/mol. The number of nitrogens with zero attached hydrogens (tertiary/aromatic N) is 1. The summed E-state index contributed by atoms with van der Waals surface area (Å²) in [6.45, 7) is 0.211. The fraction of sp³-hybridized carbons (Fsp3) is 0.750. The summed E-state index contributed by atoms with van der Waals surface area (Å²) in [4.78, 5) is 35.9. The van der Waals surface area contributed by atoms with E-state index >= 15 is 0 Å². The first kappa shape index (κ1) is 15.6. The number of nitrogens with one attached hydrogen (secondary N) is 1. The van der Waals surface area contributed by atoms with Crippen LogP contribution in [0.25, 0.3) is 0 Å². The number of carbonyl (C=O) groups excluding carboxylic acids is 2. The van der Waals surface area contributed by atoms with E-state index in [9.17, 15) is 27.6 Å². The third kappa shape index (κ3) is 3.27. The van der Waals surface area contributed by atoms with Crippen molar-refractivity contribution in [1.29, 1.82) is 0 Å². The Morgan fingerprint density at radius 2 is 1.90 bits per heavy atom. The summed E-state index contributed by atoms with van der Waals surface area (Å²) >= 11 is 0. The van der Waals surface area contributed by atoms with Gasteiger partial charge < -0.3 is 15.3 Å². The van der Waals surface area contributed by atoms with E-state index < -0.39 is 41.8 Å². The van der Waals surface area contributed by atoms with Gasteiger partial charge in [-0.25, -0.2) is 0 Å². The fourth-order valence-corrected chi connectivity index (χ4v) is 2.67. The van der Waals surface area contributed by atoms with Gasteiger partial charge >= 0.3 is 12.1 Å². The molecule has 0 aromatic carbocycles. The van der Waals surface area contributed by atoms with Gasteiger partial charge in [0.1, 0.15) is 12.0 Å². The molecule has 0 spiro atoms. The maximum atomic E-state index is 12.5. The summed E-state index contributed by atoms with van der Waals surface area (Å²) in [5.74, 6) is -4.38. The molecular formula is C12H15F3N2O4. The lowest BCUT2D eigenvalue weighted by molar-refractivity contribution is -0.172. The van der Waals surface area contributed by atoms with Gasteiger partial charge in [-0.05, 0) is 19.3 Å². The predicted molar refractivity (Wildman–Crippen MR) is 63.0 cm³/mol. The van der Waals surface area contributed by atoms with Crippen LogP contribution in [0.3, 0.4) is 0 Å². The number of alkyl halides is 3. The predicted octanol–water partition coefficient (Wildman–Crippen LogP) is 0.377. The smallest absolute Gasteiger partial charge is 0.408 e. The van der Waals surface area contributed by atoms with E-state index in [1.807, 2.05) is 5.32 Å². The molecule has 0 radical (unpaired) electrons. The van der Waals surface area contributed by atoms with E-state index in [-0.39, 0.29) is 25.9 Å². The fourth-order valence-electron chi connectivity index (χ4n) is 2.67. The van der Waals surface area contributed by atoms with E-state index in [2.05, 4.69) is 0 Å². The van der Waals surface area contributed by atoms with Crippen LogP contribution in [0.15, 0.2) is 0 Å². The molecule has 2 aliphatic heterocycles. The van der Waals surface area contributed by atoms with Crippen LogP contribution in [0.1, 0.15) is 19.3 Å². The molecule has 2 rings (SSSR count). The van der Waals surface area contributed by atoms with Gasteiger partial charge in [-0.3, -0.25) is 14.4 Å². The molecule has 0 saturated carbocycles. The van der Waals surface area contributed by atoms with Gasteiger partial charge in [-0.1, -0.05) is 0 Å². The molecule has 0 aromatic rings. The van der Waals surface area contributed by atoms with E-state index in [1.165, 1.54) is 4.90 Å². The molecule has 6 nitrogen and oxygen atoms in total. The van der Waals surface area contributed by atoms with Crippen LogP contribution in [0.4, 0.5) is 13.2 Å². The van der Waals surface area contributed by atoms with Gasteiger partial charge in [0.15, 0.2) is 0 Å². The number of piperidine rings is 1. The molecule has 0 aromatic heterocycles. The molecule has 0 aliphatic carbocycles. The lowest BCUT2D eigenvalue weighted by Crippen LogP contribution is -2.54. The Labute approximate surface area is 118 Å². The first-order chi connectivity index (χ1) is 9.70. The molecule has 21 heavy (non-hydrogen) atoms. The number of likely N-dealkylation sites (tertiary alicyclic amines) is 1. The van der Waals surface area contributed by atoms with E-state index in [0.29, 0.717) is 6.42 Å². The topological polar surface area (TPSA) is 86.7 Å². The van der Waals surface area contributed by atoms with E-state index in [0.717, 1.165) is 0 Å². The zero-order chi connectivity index (χ0) is 15.8. The van der Waals surface area contributed by atoms with Crippen LogP contribution < -0.4 is 5.32 Å². The Hall–Kier alpha value is -1.80. The van der Waals surface area contributed by atoms with Crippen molar-refractivity contribution in [2.24, 2.45) is 11.8 Å². The molecule has 2 N–H and O–H groups in total. The Morgan fingerprint density at radius 3 is 2.38 bits per heavy atom. The number of carbonyl (C=O) groups is 3. The molecule has 3 atom stereocenters. The zero-order valence-electron chi connectivity index (χ0n) is 11.0. The number of aliphatic carboxylic acids is 1. The summed E-state index contributed by atoms with van der Waals surface area (Å²) in [7, 11) is 0. The highest BCUT2D eigenvalue weighted by Gasteiger charge is 2.47. The summed E-state index contributed by atoms with van der Waals surface area (Å²) in [6.07, 6.45) is -4.75. The van der Waals surface area contributed by atoms with Crippen LogP contribution in [-0.2, 0) is 14.4 Å². The van der Waals surface area contributed by atoms with Crippen molar-refractivity contribution in [2.75, 3.05) is 13.1 Å². The van der Waals surface area contributed by atoms with Crippen molar-refractivity contribution in [3.63, 3.8) is 0 Å². The second kappa shape index (κ2) is 5.53. The van der Waals surface area contributed by atoms with Crippen molar-refractivity contribution in [1.82, 2.24) is 10.2 Å². The van der Waals surface area contributed by atoms with Crippen molar-refractivity contribution in [3.8, 4) is 0 Å². The highest BCUT2D eigenvalue weighted by Crippen LogP contribution is 2.30. The number of rotatable bonds is 2. The van der Waals surface area contributed by atoms with Crippen LogP contribution in [0.2, 0.25) is 0 Å². The molecule has 118 valence electrons. The normalized spacial score (nSPS) is 30.1. The first-order valence-electron chi connectivity index (χ1n) is 6.59. The molecule has 2 heterocycles. The standard InChI is InChI=1S/C12H15F3N2O4/c13-12(14,15)8-2-1-7(9(18)16-8)10(19)17-4-3-6(5-17)11(20)21/h6-8H,1-5H2,(H,16,18)(H,20,21)/t6-,7-,8-/m1/s1. The molecule has 9 heteroatoms. The van der Waals surface area contributed by atoms with Gasteiger partial charge in [0, 0.05) is 13.1 Å². The van der Waals surface area contributed by atoms with Crippen LogP contribution in [0, 0.1) is 11.8 Å². The number of amides is 2. The lowest BCUT2D eigenvalue weighted by atomic mass is 9.92. The Kier molecular flexibility index (Phi) is 4.11. The van der Waals surface area contributed by atoms with E-state index in [1.54, 1.807) is 0 Å². The van der Waals surface area contributed by atoms with Crippen molar-refractivity contribution in [2.45, 2.75) is 31.5 Å². The zero-order valence-corrected chi connectivity index (χ0v) is 11.0. The lowest BCUT2D eigenvalue weighted by Gasteiger charge is -2.31. The summed E-state index contributed by atoms with van der Waals surface area (Å²) in [5, 5.41) is 10.7. The maximum Gasteiger partial charge on any atom is 0.408 e. The van der Waals surface area contributed by atoms with Gasteiger partial charge in [-0.2, -0.15) is 13.2 Å². The SMILES string of the molecule is O=C(O)[C@@H]1CCN(C(=O)[C@@H]2CC[C@H](C(F)(F)F)NC2=O)C1. The molecule has 2 amide bonds. The van der Waals surface area contributed by atoms with Gasteiger partial charge in [0.25, 0.3) is 0 Å². The second-order valence-corrected chi connectivity index (χ2v) is 5.34. The number of carboxylic acids is 1. The third-order valence-corrected chi connectivity index (χ3v) is 3.92. The summed E-state index contributed by atoms with van der Waals surface area (Å²) in [6, 6.07) is -1.92. The number of hydrogen-bond acceptors (Lipinski definition) is 3. The maximum absolute atomic E-state index is 12.5. The van der Waals surface area contributed by atoms with Crippen molar-refractivity contribution in [3.05, 3.63) is 0 Å². The Morgan fingerprint density at radius 1 is 1.24 bits per heavy atom. The second-order valence-electron chi connectivity index (χ2n) is 5.34. The van der Waals surface area contributed by atoms with E-state index in [4.69, 9.17) is 5.11 Å². The Balaban J connectivity index is 1.96. The van der Waals surface area contributed by atoms with Crippen LogP contribution in [-0.4, -0.2) is 53.1 Å². The highest BCUT2D eigenvalue weighted by atomic mass is 19.4.